The van der Waals surface area contributed by atoms with E-state index < -0.39 is 0 Å². The quantitative estimate of drug-likeness (QED) is 0.695. The molecule has 1 N–H and O–H groups in total. The number of ketones is 1. The molecule has 0 radical (unpaired) electrons. The van der Waals surface area contributed by atoms with E-state index in [0.717, 1.165) is 16.9 Å². The van der Waals surface area contributed by atoms with Crippen molar-refractivity contribution in [3.05, 3.63) is 88.4 Å². The molecular weight excluding hydrogens is 300 g/mol. The molecule has 0 amide bonds. The van der Waals surface area contributed by atoms with Crippen molar-refractivity contribution in [2.24, 2.45) is 0 Å². The molecule has 3 nitrogen and oxygen atoms in total. The Hall–Kier alpha value is -2.81. The number of aryl methyl sites for hydroxylation is 1. The molecule has 0 aliphatic heterocycles. The fourth-order valence-corrected chi connectivity index (χ4v) is 3.03. The van der Waals surface area contributed by atoms with Gasteiger partial charge in [-0.15, -0.1) is 0 Å². The lowest BCUT2D eigenvalue weighted by molar-refractivity contribution is 0.103. The van der Waals surface area contributed by atoms with Crippen molar-refractivity contribution in [2.45, 2.75) is 26.7 Å². The summed E-state index contributed by atoms with van der Waals surface area (Å²) in [6.45, 7) is 3.84. The second kappa shape index (κ2) is 6.75. The van der Waals surface area contributed by atoms with Crippen molar-refractivity contribution >= 4 is 5.78 Å². The lowest BCUT2D eigenvalue weighted by atomic mass is 9.96. The first-order valence-corrected chi connectivity index (χ1v) is 8.09. The Morgan fingerprint density at radius 1 is 1.04 bits per heavy atom. The summed E-state index contributed by atoms with van der Waals surface area (Å²) in [6, 6.07) is 16.4. The molecule has 0 atom stereocenters. The van der Waals surface area contributed by atoms with Gasteiger partial charge in [-0.3, -0.25) is 4.79 Å². The summed E-state index contributed by atoms with van der Waals surface area (Å²) in [6.07, 6.45) is 1.17. The zero-order valence-electron chi connectivity index (χ0n) is 13.9. The second-order valence-electron chi connectivity index (χ2n) is 5.79. The number of para-hydroxylation sites is 1. The smallest absolute Gasteiger partial charge is 0.196 e. The van der Waals surface area contributed by atoms with E-state index in [2.05, 4.69) is 0 Å². The summed E-state index contributed by atoms with van der Waals surface area (Å²) in [5.74, 6) is 1.60. The molecule has 0 unspecified atom stereocenters. The minimum absolute atomic E-state index is 0.0165. The maximum Gasteiger partial charge on any atom is 0.196 e. The van der Waals surface area contributed by atoms with Gasteiger partial charge in [0.25, 0.3) is 0 Å². The summed E-state index contributed by atoms with van der Waals surface area (Å²) in [5, 5.41) is 9.99. The lowest BCUT2D eigenvalue weighted by Crippen LogP contribution is -2.05. The summed E-state index contributed by atoms with van der Waals surface area (Å²) in [4.78, 5) is 12.9. The van der Waals surface area contributed by atoms with Crippen molar-refractivity contribution < 1.29 is 14.3 Å². The zero-order valence-corrected chi connectivity index (χ0v) is 13.9. The fraction of sp³-hybridized carbons (Fsp3) is 0.190. The van der Waals surface area contributed by atoms with Crippen molar-refractivity contribution in [1.82, 2.24) is 0 Å². The van der Waals surface area contributed by atoms with Crippen LogP contribution in [0.5, 0.6) is 5.75 Å². The largest absolute Gasteiger partial charge is 0.508 e. The first-order chi connectivity index (χ1) is 11.6. The summed E-state index contributed by atoms with van der Waals surface area (Å²) >= 11 is 0. The van der Waals surface area contributed by atoms with E-state index in [9.17, 15) is 9.90 Å². The number of furan rings is 1. The maximum absolute atomic E-state index is 12.9. The highest BCUT2D eigenvalue weighted by molar-refractivity contribution is 6.10. The first-order valence-electron chi connectivity index (χ1n) is 8.09. The van der Waals surface area contributed by atoms with E-state index >= 15 is 0 Å². The standard InChI is InChI=1S/C21H20O3/c1-3-17-19(13-16-11-7-8-12-18(16)22)24-14(2)20(17)21(23)15-9-5-4-6-10-15/h4-12,22H,3,13H2,1-2H3. The third kappa shape index (κ3) is 2.98. The summed E-state index contributed by atoms with van der Waals surface area (Å²) < 4.78 is 5.91. The van der Waals surface area contributed by atoms with Crippen LogP contribution in [0, 0.1) is 6.92 Å². The number of hydrogen-bond donors (Lipinski definition) is 1. The van der Waals surface area contributed by atoms with E-state index in [0.29, 0.717) is 29.7 Å². The minimum atomic E-state index is -0.0165. The van der Waals surface area contributed by atoms with Crippen LogP contribution in [-0.2, 0) is 12.8 Å². The van der Waals surface area contributed by atoms with Crippen LogP contribution < -0.4 is 0 Å². The number of phenols is 1. The van der Waals surface area contributed by atoms with Gasteiger partial charge in [0, 0.05) is 23.1 Å². The minimum Gasteiger partial charge on any atom is -0.508 e. The van der Waals surface area contributed by atoms with Crippen LogP contribution in [0.3, 0.4) is 0 Å². The highest BCUT2D eigenvalue weighted by Crippen LogP contribution is 2.29. The predicted molar refractivity (Wildman–Crippen MR) is 93.6 cm³/mol. The molecule has 24 heavy (non-hydrogen) atoms. The Balaban J connectivity index is 2.02. The van der Waals surface area contributed by atoms with Crippen molar-refractivity contribution in [3.8, 4) is 5.75 Å². The predicted octanol–water partition coefficient (Wildman–Crippen LogP) is 4.68. The van der Waals surface area contributed by atoms with Gasteiger partial charge in [0.1, 0.15) is 17.3 Å². The second-order valence-corrected chi connectivity index (χ2v) is 5.79. The van der Waals surface area contributed by atoms with Gasteiger partial charge in [0.15, 0.2) is 5.78 Å². The number of carbonyl (C=O) groups is 1. The number of phenolic OH excluding ortho intramolecular Hbond substituents is 1. The number of rotatable bonds is 5. The highest BCUT2D eigenvalue weighted by atomic mass is 16.3. The average Bonchev–Trinajstić information content (AvgIpc) is 2.92. The van der Waals surface area contributed by atoms with Crippen molar-refractivity contribution in [2.75, 3.05) is 0 Å². The molecule has 0 bridgehead atoms. The van der Waals surface area contributed by atoms with Crippen LogP contribution in [0.1, 0.15) is 45.5 Å². The SMILES string of the molecule is CCc1c(Cc2ccccc2O)oc(C)c1C(=O)c1ccccc1. The molecule has 0 aliphatic rings. The molecule has 1 aromatic heterocycles. The van der Waals surface area contributed by atoms with Gasteiger partial charge in [-0.2, -0.15) is 0 Å². The maximum atomic E-state index is 12.9. The van der Waals surface area contributed by atoms with E-state index in [-0.39, 0.29) is 11.5 Å². The third-order valence-corrected chi connectivity index (χ3v) is 4.23. The monoisotopic (exact) mass is 320 g/mol. The van der Waals surface area contributed by atoms with Crippen LogP contribution in [0.4, 0.5) is 0 Å². The third-order valence-electron chi connectivity index (χ3n) is 4.23. The normalized spacial score (nSPS) is 10.8. The van der Waals surface area contributed by atoms with Gasteiger partial charge >= 0.3 is 0 Å². The summed E-state index contributed by atoms with van der Waals surface area (Å²) in [7, 11) is 0. The Morgan fingerprint density at radius 2 is 1.71 bits per heavy atom. The topological polar surface area (TPSA) is 50.4 Å². The van der Waals surface area contributed by atoms with Crippen LogP contribution in [-0.4, -0.2) is 10.9 Å². The van der Waals surface area contributed by atoms with Crippen molar-refractivity contribution in [3.63, 3.8) is 0 Å². The van der Waals surface area contributed by atoms with Gasteiger partial charge < -0.3 is 9.52 Å². The Labute approximate surface area is 141 Å². The number of hydrogen-bond acceptors (Lipinski definition) is 3. The van der Waals surface area contributed by atoms with Crippen LogP contribution in [0.15, 0.2) is 59.0 Å². The van der Waals surface area contributed by atoms with E-state index in [1.165, 1.54) is 0 Å². The van der Waals surface area contributed by atoms with Crippen molar-refractivity contribution in [1.29, 1.82) is 0 Å². The summed E-state index contributed by atoms with van der Waals surface area (Å²) in [5.41, 5.74) is 3.02. The van der Waals surface area contributed by atoms with Gasteiger partial charge in [0.2, 0.25) is 0 Å². The van der Waals surface area contributed by atoms with E-state index in [4.69, 9.17) is 4.42 Å². The van der Waals surface area contributed by atoms with Gasteiger partial charge in [-0.1, -0.05) is 55.5 Å². The number of aromatic hydroxyl groups is 1. The zero-order chi connectivity index (χ0) is 17.1. The molecule has 3 heteroatoms. The van der Waals surface area contributed by atoms with Gasteiger partial charge in [0.05, 0.1) is 5.56 Å². The fourth-order valence-electron chi connectivity index (χ4n) is 3.03. The molecule has 0 aliphatic carbocycles. The highest BCUT2D eigenvalue weighted by Gasteiger charge is 2.23. The molecule has 0 fully saturated rings. The average molecular weight is 320 g/mol. The number of carbonyl (C=O) groups excluding carboxylic acids is 1. The number of benzene rings is 2. The van der Waals surface area contributed by atoms with Crippen LogP contribution in [0.25, 0.3) is 0 Å². The van der Waals surface area contributed by atoms with Gasteiger partial charge in [-0.25, -0.2) is 0 Å². The van der Waals surface area contributed by atoms with Gasteiger partial charge in [-0.05, 0) is 19.4 Å². The lowest BCUT2D eigenvalue weighted by Gasteiger charge is -2.05. The molecule has 0 saturated carbocycles. The first kappa shape index (κ1) is 16.1. The molecule has 0 saturated heterocycles. The molecule has 2 aromatic carbocycles. The molecule has 122 valence electrons. The van der Waals surface area contributed by atoms with Crippen LogP contribution >= 0.6 is 0 Å². The molecule has 3 rings (SSSR count). The Morgan fingerprint density at radius 3 is 2.38 bits per heavy atom. The Bertz CT molecular complexity index is 860. The van der Waals surface area contributed by atoms with Crippen LogP contribution in [0.2, 0.25) is 0 Å². The molecule has 3 aromatic rings. The molecule has 1 heterocycles. The Kier molecular flexibility index (Phi) is 4.52. The molecular formula is C21H20O3. The molecule has 0 spiro atoms. The van der Waals surface area contributed by atoms with E-state index in [1.54, 1.807) is 12.1 Å². The van der Waals surface area contributed by atoms with E-state index in [1.807, 2.05) is 56.3 Å².